The van der Waals surface area contributed by atoms with Crippen LogP contribution >= 0.6 is 0 Å². The molecule has 5 nitrogen and oxygen atoms in total. The Bertz CT molecular complexity index is 276. The predicted molar refractivity (Wildman–Crippen MR) is 59.6 cm³/mol. The molecular formula is C11H19N3O2. The van der Waals surface area contributed by atoms with E-state index < -0.39 is 0 Å². The molecule has 0 spiro atoms. The molecule has 2 heterocycles. The molecule has 0 aromatic heterocycles. The summed E-state index contributed by atoms with van der Waals surface area (Å²) in [6, 6.07) is -0.173. The van der Waals surface area contributed by atoms with Crippen molar-refractivity contribution in [2.45, 2.75) is 37.8 Å². The zero-order valence-corrected chi connectivity index (χ0v) is 9.69. The van der Waals surface area contributed by atoms with Crippen LogP contribution < -0.4 is 5.32 Å². The molecule has 5 heteroatoms. The fourth-order valence-corrected chi connectivity index (χ4v) is 2.54. The molecule has 0 bridgehead atoms. The zero-order valence-electron chi connectivity index (χ0n) is 9.69. The van der Waals surface area contributed by atoms with Gasteiger partial charge in [0.25, 0.3) is 5.91 Å². The molecule has 2 rings (SSSR count). The van der Waals surface area contributed by atoms with E-state index in [2.05, 4.69) is 5.32 Å². The molecule has 2 atom stereocenters. The highest BCUT2D eigenvalue weighted by Crippen LogP contribution is 2.18. The van der Waals surface area contributed by atoms with Crippen LogP contribution in [0.2, 0.25) is 0 Å². The third kappa shape index (κ3) is 2.10. The van der Waals surface area contributed by atoms with Crippen molar-refractivity contribution < 1.29 is 9.59 Å². The van der Waals surface area contributed by atoms with Gasteiger partial charge in [-0.25, -0.2) is 5.01 Å². The summed E-state index contributed by atoms with van der Waals surface area (Å²) >= 11 is 0. The Morgan fingerprint density at radius 2 is 2.25 bits per heavy atom. The SMILES string of the molecule is CN(C(=O)C1CCCN1)N1CCC[C@H]1C=O. The molecule has 0 aromatic carbocycles. The zero-order chi connectivity index (χ0) is 11.5. The first-order valence-electron chi connectivity index (χ1n) is 5.97. The van der Waals surface area contributed by atoms with Gasteiger partial charge in [0.05, 0.1) is 12.1 Å². The van der Waals surface area contributed by atoms with Crippen LogP contribution in [0.15, 0.2) is 0 Å². The predicted octanol–water partition coefficient (Wildman–Crippen LogP) is -0.225. The first-order valence-corrected chi connectivity index (χ1v) is 5.97. The minimum atomic E-state index is -0.115. The van der Waals surface area contributed by atoms with Crippen LogP contribution in [-0.4, -0.2) is 54.4 Å². The Hall–Kier alpha value is -0.940. The fourth-order valence-electron chi connectivity index (χ4n) is 2.54. The lowest BCUT2D eigenvalue weighted by molar-refractivity contribution is -0.150. The van der Waals surface area contributed by atoms with E-state index in [-0.39, 0.29) is 18.0 Å². The average molecular weight is 225 g/mol. The van der Waals surface area contributed by atoms with Crippen molar-refractivity contribution in [3.8, 4) is 0 Å². The molecule has 1 amide bonds. The van der Waals surface area contributed by atoms with Crippen molar-refractivity contribution >= 4 is 12.2 Å². The highest BCUT2D eigenvalue weighted by atomic mass is 16.2. The minimum Gasteiger partial charge on any atom is -0.306 e. The first kappa shape index (κ1) is 11.5. The molecule has 0 aromatic rings. The van der Waals surface area contributed by atoms with Gasteiger partial charge in [-0.05, 0) is 32.2 Å². The molecule has 16 heavy (non-hydrogen) atoms. The molecule has 1 N–H and O–H groups in total. The van der Waals surface area contributed by atoms with Crippen molar-refractivity contribution in [2.75, 3.05) is 20.1 Å². The summed E-state index contributed by atoms with van der Waals surface area (Å²) in [5, 5.41) is 6.71. The number of hydrogen-bond acceptors (Lipinski definition) is 4. The van der Waals surface area contributed by atoms with Crippen LogP contribution in [0.4, 0.5) is 0 Å². The Labute approximate surface area is 95.7 Å². The Morgan fingerprint density at radius 1 is 1.44 bits per heavy atom. The van der Waals surface area contributed by atoms with Gasteiger partial charge in [-0.3, -0.25) is 9.80 Å². The summed E-state index contributed by atoms with van der Waals surface area (Å²) in [4.78, 5) is 23.0. The van der Waals surface area contributed by atoms with E-state index in [9.17, 15) is 9.59 Å². The standard InChI is InChI=1S/C11H19N3O2/c1-13(11(16)10-5-2-6-12-10)14-7-3-4-9(14)8-15/h8-10,12H,2-7H2,1H3/t9-,10?/m0/s1. The van der Waals surface area contributed by atoms with Crippen LogP contribution in [0.5, 0.6) is 0 Å². The minimum absolute atomic E-state index is 0.0575. The van der Waals surface area contributed by atoms with E-state index in [0.29, 0.717) is 0 Å². The van der Waals surface area contributed by atoms with Crippen LogP contribution in [-0.2, 0) is 9.59 Å². The lowest BCUT2D eigenvalue weighted by atomic mass is 10.2. The number of rotatable bonds is 3. The molecule has 0 aliphatic carbocycles. The summed E-state index contributed by atoms with van der Waals surface area (Å²) in [5.74, 6) is 0.0891. The number of hydrazine groups is 1. The Morgan fingerprint density at radius 3 is 2.88 bits per heavy atom. The van der Waals surface area contributed by atoms with Crippen LogP contribution in [0.3, 0.4) is 0 Å². The second-order valence-electron chi connectivity index (χ2n) is 4.52. The van der Waals surface area contributed by atoms with E-state index >= 15 is 0 Å². The van der Waals surface area contributed by atoms with Gasteiger partial charge in [-0.2, -0.15) is 0 Å². The summed E-state index contributed by atoms with van der Waals surface area (Å²) in [6.07, 6.45) is 4.75. The van der Waals surface area contributed by atoms with E-state index in [4.69, 9.17) is 0 Å². The quantitative estimate of drug-likeness (QED) is 0.674. The lowest BCUT2D eigenvalue weighted by Gasteiger charge is -2.32. The number of carbonyl (C=O) groups is 2. The molecule has 0 radical (unpaired) electrons. The van der Waals surface area contributed by atoms with Crippen LogP contribution in [0.1, 0.15) is 25.7 Å². The van der Waals surface area contributed by atoms with Crippen molar-refractivity contribution in [3.63, 3.8) is 0 Å². The van der Waals surface area contributed by atoms with Gasteiger partial charge in [0, 0.05) is 13.6 Å². The number of nitrogens with zero attached hydrogens (tertiary/aromatic N) is 2. The monoisotopic (exact) mass is 225 g/mol. The number of nitrogens with one attached hydrogen (secondary N) is 1. The van der Waals surface area contributed by atoms with Crippen molar-refractivity contribution in [2.24, 2.45) is 0 Å². The van der Waals surface area contributed by atoms with Gasteiger partial charge in [0.2, 0.25) is 0 Å². The number of carbonyl (C=O) groups excluding carboxylic acids is 2. The molecule has 2 fully saturated rings. The van der Waals surface area contributed by atoms with Crippen molar-refractivity contribution in [1.29, 1.82) is 0 Å². The highest BCUT2D eigenvalue weighted by Gasteiger charge is 2.33. The largest absolute Gasteiger partial charge is 0.306 e. The summed E-state index contributed by atoms with van der Waals surface area (Å²) < 4.78 is 0. The number of amides is 1. The maximum atomic E-state index is 12.1. The number of likely N-dealkylation sites (N-methyl/N-ethyl adjacent to an activating group) is 1. The maximum Gasteiger partial charge on any atom is 0.253 e. The van der Waals surface area contributed by atoms with E-state index in [1.807, 2.05) is 5.01 Å². The van der Waals surface area contributed by atoms with Gasteiger partial charge in [-0.1, -0.05) is 0 Å². The average Bonchev–Trinajstić information content (AvgIpc) is 2.97. The van der Waals surface area contributed by atoms with E-state index in [1.54, 1.807) is 12.1 Å². The first-order chi connectivity index (χ1) is 7.74. The second kappa shape index (κ2) is 4.93. The van der Waals surface area contributed by atoms with E-state index in [1.165, 1.54) is 0 Å². The lowest BCUT2D eigenvalue weighted by Crippen LogP contribution is -2.52. The Balaban J connectivity index is 1.97. The topological polar surface area (TPSA) is 52.7 Å². The van der Waals surface area contributed by atoms with Gasteiger partial charge >= 0.3 is 0 Å². The molecule has 2 saturated heterocycles. The molecule has 0 saturated carbocycles. The normalized spacial score (nSPS) is 30.6. The highest BCUT2D eigenvalue weighted by molar-refractivity contribution is 5.81. The van der Waals surface area contributed by atoms with Gasteiger partial charge in [-0.15, -0.1) is 0 Å². The summed E-state index contributed by atoms with van der Waals surface area (Å²) in [7, 11) is 1.77. The molecule has 90 valence electrons. The number of hydrogen-bond donors (Lipinski definition) is 1. The smallest absolute Gasteiger partial charge is 0.253 e. The third-order valence-electron chi connectivity index (χ3n) is 3.49. The van der Waals surface area contributed by atoms with Gasteiger partial charge < -0.3 is 10.1 Å². The molecule has 1 unspecified atom stereocenters. The van der Waals surface area contributed by atoms with Gasteiger partial charge in [0.1, 0.15) is 6.29 Å². The Kier molecular flexibility index (Phi) is 3.56. The molecule has 2 aliphatic rings. The molecule has 2 aliphatic heterocycles. The maximum absolute atomic E-state index is 12.1. The fraction of sp³-hybridized carbons (Fsp3) is 0.818. The van der Waals surface area contributed by atoms with Crippen LogP contribution in [0.25, 0.3) is 0 Å². The summed E-state index contributed by atoms with van der Waals surface area (Å²) in [6.45, 7) is 1.72. The van der Waals surface area contributed by atoms with Crippen LogP contribution in [0, 0.1) is 0 Å². The van der Waals surface area contributed by atoms with Gasteiger partial charge in [0.15, 0.2) is 0 Å². The summed E-state index contributed by atoms with van der Waals surface area (Å²) in [5.41, 5.74) is 0. The third-order valence-corrected chi connectivity index (χ3v) is 3.49. The van der Waals surface area contributed by atoms with E-state index in [0.717, 1.165) is 45.1 Å². The molecular weight excluding hydrogens is 206 g/mol. The second-order valence-corrected chi connectivity index (χ2v) is 4.52. The van der Waals surface area contributed by atoms with Crippen molar-refractivity contribution in [3.05, 3.63) is 0 Å². The number of aldehydes is 1. The van der Waals surface area contributed by atoms with Crippen molar-refractivity contribution in [1.82, 2.24) is 15.3 Å².